The third kappa shape index (κ3) is 9.75. The number of benzene rings is 3. The van der Waals surface area contributed by atoms with Crippen molar-refractivity contribution in [1.29, 1.82) is 0 Å². The molecule has 1 saturated carbocycles. The summed E-state index contributed by atoms with van der Waals surface area (Å²) in [6.07, 6.45) is -0.901. The number of nitrogens with one attached hydrogen (secondary N) is 2. The summed E-state index contributed by atoms with van der Waals surface area (Å²) >= 11 is 0. The Kier molecular flexibility index (Phi) is 11.7. The fraction of sp³-hybridized carbons (Fsp3) is 0.419. The third-order valence-electron chi connectivity index (χ3n) is 9.72. The zero-order valence-electron chi connectivity index (χ0n) is 34.6. The molecule has 4 aromatic rings. The summed E-state index contributed by atoms with van der Waals surface area (Å²) in [4.78, 5) is 60.7. The van der Waals surface area contributed by atoms with Crippen LogP contribution in [0.5, 0.6) is 0 Å². The summed E-state index contributed by atoms with van der Waals surface area (Å²) in [7, 11) is -2.17. The molecule has 0 spiro atoms. The topological polar surface area (TPSA) is 174 Å². The molecule has 16 heteroatoms. The van der Waals surface area contributed by atoms with Gasteiger partial charge in [0.25, 0.3) is 0 Å². The first-order valence-corrected chi connectivity index (χ1v) is 20.8. The number of halogens is 1. The highest BCUT2D eigenvalue weighted by Gasteiger charge is 2.39. The zero-order valence-corrected chi connectivity index (χ0v) is 35.5. The van der Waals surface area contributed by atoms with Crippen molar-refractivity contribution in [2.75, 3.05) is 29.2 Å². The van der Waals surface area contributed by atoms with Crippen molar-refractivity contribution in [1.82, 2.24) is 9.88 Å². The highest BCUT2D eigenvalue weighted by atomic mass is 32.2. The number of hydrogen-bond donors (Lipinski definition) is 2. The molecule has 2 atom stereocenters. The van der Waals surface area contributed by atoms with Crippen LogP contribution in [0.2, 0.25) is 0 Å². The molecule has 1 aliphatic carbocycles. The highest BCUT2D eigenvalue weighted by molar-refractivity contribution is 7.92. The number of amides is 4. The van der Waals surface area contributed by atoms with Gasteiger partial charge >= 0.3 is 18.3 Å². The van der Waals surface area contributed by atoms with E-state index in [1.807, 2.05) is 26.0 Å². The van der Waals surface area contributed by atoms with Crippen LogP contribution in [0.25, 0.3) is 10.8 Å². The standard InChI is InChI=1S/C43H50FN5O9S/c1-24-18-26-10-15-31(24)25(2)23-56-39(51)47-28-12-17-35(59(54,55)30-13-14-30)27(19-28)22-48(9)38(50)36(26)46-29-11-16-32-33(20-29)34(44)21-45-37(32)49(40(52)57-42(3,4)5)41(53)58-43(6,7)8/h10-12,15-21,25,30,36,46H,13-14,22-23H2,1-9H3,(H,47,51)/t25-,36+/m0/s1. The van der Waals surface area contributed by atoms with Crippen molar-refractivity contribution in [3.8, 4) is 0 Å². The Hall–Kier alpha value is -5.77. The molecule has 3 aromatic carbocycles. The number of aromatic nitrogens is 1. The van der Waals surface area contributed by atoms with E-state index in [0.29, 0.717) is 40.2 Å². The molecule has 14 nitrogen and oxygen atoms in total. The molecule has 0 unspecified atom stereocenters. The third-order valence-corrected chi connectivity index (χ3v) is 12.1. The summed E-state index contributed by atoms with van der Waals surface area (Å²) in [5.41, 5.74) is 1.19. The number of likely N-dealkylation sites (N-methyl/N-ethyl adjacent to an activating group) is 1. The molecule has 1 fully saturated rings. The Labute approximate surface area is 343 Å². The van der Waals surface area contributed by atoms with Crippen LogP contribution in [-0.2, 0) is 35.4 Å². The van der Waals surface area contributed by atoms with E-state index in [1.165, 1.54) is 35.2 Å². The van der Waals surface area contributed by atoms with Crippen LogP contribution in [-0.4, -0.2) is 72.6 Å². The van der Waals surface area contributed by atoms with Gasteiger partial charge in [-0.3, -0.25) is 10.1 Å². The predicted octanol–water partition coefficient (Wildman–Crippen LogP) is 8.77. The Balaban J connectivity index is 1.43. The molecule has 0 saturated heterocycles. The first-order valence-electron chi connectivity index (χ1n) is 19.3. The molecule has 2 aliphatic heterocycles. The second-order valence-corrected chi connectivity index (χ2v) is 19.3. The quantitative estimate of drug-likeness (QED) is 0.184. The maximum atomic E-state index is 15.7. The molecular weight excluding hydrogens is 782 g/mol. The lowest BCUT2D eigenvalue weighted by molar-refractivity contribution is -0.131. The number of anilines is 3. The maximum Gasteiger partial charge on any atom is 0.425 e. The molecular formula is C43H50FN5O9S. The van der Waals surface area contributed by atoms with Gasteiger partial charge in [-0.15, -0.1) is 0 Å². The van der Waals surface area contributed by atoms with E-state index in [4.69, 9.17) is 14.2 Å². The van der Waals surface area contributed by atoms with E-state index in [2.05, 4.69) is 15.6 Å². The van der Waals surface area contributed by atoms with E-state index in [-0.39, 0.29) is 40.6 Å². The number of imide groups is 1. The van der Waals surface area contributed by atoms with Gasteiger partial charge < -0.3 is 24.4 Å². The number of aryl methyl sites for hydroxylation is 1. The fourth-order valence-electron chi connectivity index (χ4n) is 6.82. The highest BCUT2D eigenvalue weighted by Crippen LogP contribution is 2.37. The van der Waals surface area contributed by atoms with Gasteiger partial charge in [0.1, 0.15) is 23.1 Å². The number of carbonyl (C=O) groups is 4. The van der Waals surface area contributed by atoms with Crippen LogP contribution in [0.1, 0.15) is 95.5 Å². The number of hydrogen-bond acceptors (Lipinski definition) is 11. The Morgan fingerprint density at radius 3 is 2.22 bits per heavy atom. The molecule has 3 heterocycles. The van der Waals surface area contributed by atoms with Gasteiger partial charge in [-0.05, 0) is 120 Å². The number of carbonyl (C=O) groups excluding carboxylic acids is 4. The lowest BCUT2D eigenvalue weighted by Gasteiger charge is -2.29. The molecule has 1 aromatic heterocycles. The van der Waals surface area contributed by atoms with Gasteiger partial charge in [0.05, 0.1) is 22.9 Å². The van der Waals surface area contributed by atoms with Crippen molar-refractivity contribution < 1.29 is 46.2 Å². The summed E-state index contributed by atoms with van der Waals surface area (Å²) in [6, 6.07) is 13.4. The molecule has 59 heavy (non-hydrogen) atoms. The van der Waals surface area contributed by atoms with E-state index >= 15 is 4.39 Å². The lowest BCUT2D eigenvalue weighted by atomic mass is 9.93. The Morgan fingerprint density at radius 2 is 1.61 bits per heavy atom. The number of rotatable bonds is 5. The lowest BCUT2D eigenvalue weighted by Crippen LogP contribution is -2.44. The summed E-state index contributed by atoms with van der Waals surface area (Å²) < 4.78 is 59.5. The normalized spacial score (nSPS) is 17.9. The monoisotopic (exact) mass is 831 g/mol. The molecule has 7 rings (SSSR count). The second-order valence-electron chi connectivity index (χ2n) is 17.1. The number of sulfone groups is 1. The predicted molar refractivity (Wildman–Crippen MR) is 221 cm³/mol. The summed E-state index contributed by atoms with van der Waals surface area (Å²) in [5, 5.41) is 5.48. The van der Waals surface area contributed by atoms with Crippen molar-refractivity contribution in [2.24, 2.45) is 0 Å². The number of nitrogens with zero attached hydrogens (tertiary/aromatic N) is 3. The summed E-state index contributed by atoms with van der Waals surface area (Å²) in [6.45, 7) is 13.5. The fourth-order valence-corrected chi connectivity index (χ4v) is 8.69. The van der Waals surface area contributed by atoms with E-state index in [0.717, 1.165) is 17.3 Å². The second kappa shape index (κ2) is 16.1. The number of fused-ring (bicyclic) bond motifs is 10. The molecule has 4 amide bonds. The number of pyridine rings is 1. The minimum Gasteiger partial charge on any atom is -0.449 e. The van der Waals surface area contributed by atoms with Crippen LogP contribution < -0.4 is 15.5 Å². The van der Waals surface area contributed by atoms with Gasteiger partial charge in [0.2, 0.25) is 5.91 Å². The first kappa shape index (κ1) is 42.8. The maximum absolute atomic E-state index is 15.7. The number of ether oxygens (including phenoxy) is 3. The largest absolute Gasteiger partial charge is 0.449 e. The van der Waals surface area contributed by atoms with Crippen molar-refractivity contribution in [3.05, 3.63) is 88.9 Å². The molecule has 4 bridgehead atoms. The molecule has 314 valence electrons. The van der Waals surface area contributed by atoms with Gasteiger partial charge in [-0.1, -0.05) is 25.1 Å². The minimum atomic E-state index is -3.71. The van der Waals surface area contributed by atoms with Crippen molar-refractivity contribution in [2.45, 2.75) is 108 Å². The minimum absolute atomic E-state index is 0.0275. The van der Waals surface area contributed by atoms with Crippen molar-refractivity contribution >= 4 is 62.0 Å². The molecule has 2 N–H and O–H groups in total. The van der Waals surface area contributed by atoms with Gasteiger partial charge in [-0.25, -0.2) is 32.2 Å². The van der Waals surface area contributed by atoms with Gasteiger partial charge in [-0.2, -0.15) is 4.90 Å². The Bertz CT molecular complexity index is 2410. The van der Waals surface area contributed by atoms with Crippen LogP contribution >= 0.6 is 0 Å². The van der Waals surface area contributed by atoms with E-state index in [9.17, 15) is 27.6 Å². The molecule has 3 aliphatic rings. The average molecular weight is 832 g/mol. The van der Waals surface area contributed by atoms with Crippen LogP contribution in [0, 0.1) is 12.7 Å². The van der Waals surface area contributed by atoms with Crippen LogP contribution in [0.3, 0.4) is 0 Å². The SMILES string of the molecule is Cc1cc2ccc1[C@@H](C)COC(=O)Nc1ccc(S(=O)(=O)C3CC3)c(c1)CN(C)C(=O)[C@@H]2Nc1ccc2c(N(C(=O)OC(C)(C)C)C(=O)OC(C)(C)C)ncc(F)c2c1. The first-order chi connectivity index (χ1) is 27.5. The van der Waals surface area contributed by atoms with Gasteiger partial charge in [0.15, 0.2) is 15.7 Å². The van der Waals surface area contributed by atoms with Crippen LogP contribution in [0.4, 0.5) is 36.0 Å². The smallest absolute Gasteiger partial charge is 0.425 e. The summed E-state index contributed by atoms with van der Waals surface area (Å²) in [5.74, 6) is -1.66. The van der Waals surface area contributed by atoms with Crippen molar-refractivity contribution in [3.63, 3.8) is 0 Å². The molecule has 0 radical (unpaired) electrons. The van der Waals surface area contributed by atoms with Gasteiger partial charge in [0, 0.05) is 41.7 Å². The average Bonchev–Trinajstić information content (AvgIpc) is 3.99. The van der Waals surface area contributed by atoms with Crippen LogP contribution in [0.15, 0.2) is 65.7 Å². The van der Waals surface area contributed by atoms with E-state index in [1.54, 1.807) is 60.7 Å². The van der Waals surface area contributed by atoms with E-state index < -0.39 is 62.3 Å². The Morgan fingerprint density at radius 1 is 0.949 bits per heavy atom. The zero-order chi connectivity index (χ0) is 43.2.